The summed E-state index contributed by atoms with van der Waals surface area (Å²) in [6, 6.07) is 17.8. The molecule has 0 radical (unpaired) electrons. The van der Waals surface area contributed by atoms with E-state index in [1.165, 1.54) is 22.4 Å². The average molecular weight is 377 g/mol. The fourth-order valence-corrected chi connectivity index (χ4v) is 4.59. The number of allylic oxidation sites excluding steroid dienone is 1. The number of benzene rings is 2. The normalized spacial score (nSPS) is 20.9. The van der Waals surface area contributed by atoms with Crippen molar-refractivity contribution in [2.45, 2.75) is 45.2 Å². The van der Waals surface area contributed by atoms with Crippen LogP contribution in [0.1, 0.15) is 42.4 Å². The number of hydrogen-bond acceptors (Lipinski definition) is 3. The summed E-state index contributed by atoms with van der Waals surface area (Å²) in [4.78, 5) is 16.9. The molecule has 0 N–H and O–H groups in total. The molecule has 0 unspecified atom stereocenters. The van der Waals surface area contributed by atoms with Crippen LogP contribution in [0.15, 0.2) is 60.9 Å². The summed E-state index contributed by atoms with van der Waals surface area (Å²) >= 11 is 0. The van der Waals surface area contributed by atoms with Gasteiger partial charge in [-0.05, 0) is 43.9 Å². The lowest BCUT2D eigenvalue weighted by Crippen LogP contribution is -2.38. The van der Waals surface area contributed by atoms with Crippen LogP contribution < -0.4 is 4.90 Å². The lowest BCUT2D eigenvalue weighted by Gasteiger charge is -2.30. The van der Waals surface area contributed by atoms with Gasteiger partial charge in [0, 0.05) is 37.3 Å². The Morgan fingerprint density at radius 1 is 1.21 bits per heavy atom. The summed E-state index contributed by atoms with van der Waals surface area (Å²) in [5.74, 6) is 0.748. The molecule has 2 aromatic rings. The maximum absolute atomic E-state index is 12.5. The molecule has 2 aromatic carbocycles. The van der Waals surface area contributed by atoms with E-state index < -0.39 is 0 Å². The first-order valence-electron chi connectivity index (χ1n) is 10.1. The zero-order valence-electron chi connectivity index (χ0n) is 16.7. The number of ether oxygens (including phenoxy) is 1. The van der Waals surface area contributed by atoms with Crippen LogP contribution in [0.2, 0.25) is 0 Å². The lowest BCUT2D eigenvalue weighted by molar-refractivity contribution is 0.128. The fourth-order valence-electron chi connectivity index (χ4n) is 4.59. The lowest BCUT2D eigenvalue weighted by atomic mass is 9.92. The summed E-state index contributed by atoms with van der Waals surface area (Å²) in [5.41, 5.74) is 5.24. The first-order valence-corrected chi connectivity index (χ1v) is 10.1. The van der Waals surface area contributed by atoms with Crippen LogP contribution >= 0.6 is 0 Å². The van der Waals surface area contributed by atoms with Gasteiger partial charge in [0.15, 0.2) is 0 Å². The number of amides is 1. The van der Waals surface area contributed by atoms with E-state index in [2.05, 4.69) is 66.9 Å². The Balaban J connectivity index is 1.65. The highest BCUT2D eigenvalue weighted by atomic mass is 16.6. The van der Waals surface area contributed by atoms with Crippen molar-refractivity contribution in [3.8, 4) is 0 Å². The molecule has 2 heterocycles. The highest BCUT2D eigenvalue weighted by Gasteiger charge is 2.41. The summed E-state index contributed by atoms with van der Waals surface area (Å²) in [7, 11) is 0. The van der Waals surface area contributed by atoms with E-state index in [0.29, 0.717) is 24.3 Å². The van der Waals surface area contributed by atoms with Crippen molar-refractivity contribution < 1.29 is 9.53 Å². The highest BCUT2D eigenvalue weighted by Crippen LogP contribution is 2.45. The van der Waals surface area contributed by atoms with Crippen LogP contribution in [0.4, 0.5) is 10.5 Å². The van der Waals surface area contributed by atoms with E-state index in [1.807, 2.05) is 4.90 Å². The van der Waals surface area contributed by atoms with Crippen LogP contribution in [-0.2, 0) is 11.3 Å². The smallest absolute Gasteiger partial charge is 0.414 e. The molecular formula is C24H28N2O2. The van der Waals surface area contributed by atoms with Gasteiger partial charge in [0.1, 0.15) is 0 Å². The Kier molecular flexibility index (Phi) is 5.12. The molecule has 0 bridgehead atoms. The van der Waals surface area contributed by atoms with Gasteiger partial charge in [0.25, 0.3) is 0 Å². The molecule has 0 saturated carbocycles. The average Bonchev–Trinajstić information content (AvgIpc) is 2.82. The van der Waals surface area contributed by atoms with Gasteiger partial charge < -0.3 is 14.5 Å². The second-order valence-corrected chi connectivity index (χ2v) is 8.01. The van der Waals surface area contributed by atoms with Crippen molar-refractivity contribution in [2.24, 2.45) is 0 Å². The van der Waals surface area contributed by atoms with Crippen molar-refractivity contribution in [1.82, 2.24) is 4.90 Å². The molecule has 0 aromatic heterocycles. The van der Waals surface area contributed by atoms with Gasteiger partial charge >= 0.3 is 6.09 Å². The van der Waals surface area contributed by atoms with Crippen molar-refractivity contribution in [3.63, 3.8) is 0 Å². The van der Waals surface area contributed by atoms with E-state index in [0.717, 1.165) is 25.9 Å². The number of nitrogens with zero attached hydrogens (tertiary/aromatic N) is 2. The number of rotatable bonds is 3. The number of aryl methyl sites for hydroxylation is 1. The number of likely N-dealkylation sites (tertiary alicyclic amines) is 1. The molecule has 4 nitrogen and oxygen atoms in total. The summed E-state index contributed by atoms with van der Waals surface area (Å²) < 4.78 is 5.31. The molecule has 2 atom stereocenters. The first kappa shape index (κ1) is 18.6. The minimum Gasteiger partial charge on any atom is -0.416 e. The number of anilines is 1. The molecule has 0 aliphatic carbocycles. The fraction of sp³-hybridized carbons (Fsp3) is 0.375. The van der Waals surface area contributed by atoms with Gasteiger partial charge in [-0.3, -0.25) is 0 Å². The van der Waals surface area contributed by atoms with E-state index in [1.54, 1.807) is 6.92 Å². The van der Waals surface area contributed by atoms with Crippen molar-refractivity contribution >= 4 is 11.8 Å². The molecule has 1 fully saturated rings. The third kappa shape index (κ3) is 3.64. The van der Waals surface area contributed by atoms with Gasteiger partial charge in [-0.1, -0.05) is 54.6 Å². The van der Waals surface area contributed by atoms with Gasteiger partial charge in [-0.25, -0.2) is 4.79 Å². The van der Waals surface area contributed by atoms with E-state index in [9.17, 15) is 4.79 Å². The SMILES string of the molecule is C=C(C)OC(=O)N1CCC[C@H]2[C@@H](C1)c1cc(C)ccc1N2Cc1ccccc1. The second-order valence-electron chi connectivity index (χ2n) is 8.01. The molecule has 1 saturated heterocycles. The van der Waals surface area contributed by atoms with Crippen molar-refractivity contribution in [3.05, 3.63) is 77.6 Å². The molecule has 1 amide bonds. The number of hydrogen-bond donors (Lipinski definition) is 0. The summed E-state index contributed by atoms with van der Waals surface area (Å²) in [6.45, 7) is 9.89. The maximum atomic E-state index is 12.5. The molecule has 2 aliphatic rings. The summed E-state index contributed by atoms with van der Waals surface area (Å²) in [6.07, 6.45) is 1.77. The van der Waals surface area contributed by atoms with Crippen LogP contribution in [0.5, 0.6) is 0 Å². The van der Waals surface area contributed by atoms with Gasteiger partial charge in [-0.2, -0.15) is 0 Å². The second kappa shape index (κ2) is 7.70. The zero-order chi connectivity index (χ0) is 19.7. The van der Waals surface area contributed by atoms with E-state index in [4.69, 9.17) is 4.74 Å². The predicted octanol–water partition coefficient (Wildman–Crippen LogP) is 5.23. The molecule has 4 rings (SSSR count). The highest BCUT2D eigenvalue weighted by molar-refractivity contribution is 5.70. The first-order chi connectivity index (χ1) is 13.5. The number of carbonyl (C=O) groups is 1. The van der Waals surface area contributed by atoms with Crippen LogP contribution in [0, 0.1) is 6.92 Å². The Morgan fingerprint density at radius 3 is 2.75 bits per heavy atom. The van der Waals surface area contributed by atoms with Crippen molar-refractivity contribution in [1.29, 1.82) is 0 Å². The maximum Gasteiger partial charge on any atom is 0.414 e. The van der Waals surface area contributed by atoms with Gasteiger partial charge in [-0.15, -0.1) is 0 Å². The Morgan fingerprint density at radius 2 is 2.00 bits per heavy atom. The molecule has 146 valence electrons. The summed E-state index contributed by atoms with van der Waals surface area (Å²) in [5, 5.41) is 0. The van der Waals surface area contributed by atoms with E-state index >= 15 is 0 Å². The number of fused-ring (bicyclic) bond motifs is 3. The molecule has 4 heteroatoms. The zero-order valence-corrected chi connectivity index (χ0v) is 16.7. The Bertz CT molecular complexity index is 877. The number of carbonyl (C=O) groups excluding carboxylic acids is 1. The largest absolute Gasteiger partial charge is 0.416 e. The molecule has 28 heavy (non-hydrogen) atoms. The minimum atomic E-state index is -0.274. The molecule has 0 spiro atoms. The van der Waals surface area contributed by atoms with E-state index in [-0.39, 0.29) is 6.09 Å². The predicted molar refractivity (Wildman–Crippen MR) is 112 cm³/mol. The Hall–Kier alpha value is -2.75. The van der Waals surface area contributed by atoms with Crippen LogP contribution in [-0.4, -0.2) is 30.1 Å². The Labute approximate surface area is 167 Å². The van der Waals surface area contributed by atoms with Crippen LogP contribution in [0.3, 0.4) is 0 Å². The molecule has 2 aliphatic heterocycles. The van der Waals surface area contributed by atoms with Gasteiger partial charge in [0.05, 0.1) is 5.76 Å². The van der Waals surface area contributed by atoms with Crippen molar-refractivity contribution in [2.75, 3.05) is 18.0 Å². The third-order valence-electron chi connectivity index (χ3n) is 5.82. The van der Waals surface area contributed by atoms with Gasteiger partial charge in [0.2, 0.25) is 0 Å². The standard InChI is InChI=1S/C24H28N2O2/c1-17(2)28-24(27)25-13-7-10-22-21(16-25)20-14-18(3)11-12-23(20)26(22)15-19-8-5-4-6-9-19/h4-6,8-9,11-12,14,21-22H,1,7,10,13,15-16H2,2-3H3/t21-,22-/m0/s1. The minimum absolute atomic E-state index is 0.274. The quantitative estimate of drug-likeness (QED) is 0.687. The van der Waals surface area contributed by atoms with Crippen LogP contribution in [0.25, 0.3) is 0 Å². The monoisotopic (exact) mass is 376 g/mol. The molecular weight excluding hydrogens is 348 g/mol. The third-order valence-corrected chi connectivity index (χ3v) is 5.82. The topological polar surface area (TPSA) is 32.8 Å².